The maximum atomic E-state index is 5.64. The van der Waals surface area contributed by atoms with Crippen molar-refractivity contribution < 1.29 is 4.42 Å². The highest BCUT2D eigenvalue weighted by atomic mass is 16.4. The van der Waals surface area contributed by atoms with Gasteiger partial charge in [-0.15, -0.1) is 0 Å². The molecule has 0 amide bonds. The van der Waals surface area contributed by atoms with Gasteiger partial charge in [0.15, 0.2) is 5.82 Å². The van der Waals surface area contributed by atoms with Crippen molar-refractivity contribution in [3.05, 3.63) is 47.7 Å². The zero-order valence-corrected chi connectivity index (χ0v) is 16.5. The first-order chi connectivity index (χ1) is 13.5. The van der Waals surface area contributed by atoms with Gasteiger partial charge in [-0.2, -0.15) is 5.10 Å². The van der Waals surface area contributed by atoms with Crippen LogP contribution in [0.25, 0.3) is 5.82 Å². The molecule has 2 fully saturated rings. The van der Waals surface area contributed by atoms with Crippen LogP contribution >= 0.6 is 0 Å². The first kappa shape index (κ1) is 17.4. The molecule has 8 nitrogen and oxygen atoms in total. The van der Waals surface area contributed by atoms with E-state index in [1.807, 2.05) is 31.5 Å². The van der Waals surface area contributed by atoms with Gasteiger partial charge in [0.2, 0.25) is 5.89 Å². The summed E-state index contributed by atoms with van der Waals surface area (Å²) in [5, 5.41) is 4.54. The molecular formula is C20H25N7O. The van der Waals surface area contributed by atoms with Gasteiger partial charge in [-0.3, -0.25) is 4.90 Å². The van der Waals surface area contributed by atoms with Crippen LogP contribution in [-0.2, 0) is 6.54 Å². The monoisotopic (exact) mass is 379 g/mol. The SMILES string of the molecule is Cc1cc(C)n(-c2cc(N3CC4CN(Cc5ncc(C)o5)CC4C3)ncn2)n1. The second-order valence-electron chi connectivity index (χ2n) is 8.06. The minimum absolute atomic E-state index is 0.656. The van der Waals surface area contributed by atoms with E-state index in [2.05, 4.69) is 35.9 Å². The Balaban J connectivity index is 1.27. The molecule has 28 heavy (non-hydrogen) atoms. The predicted molar refractivity (Wildman–Crippen MR) is 104 cm³/mol. The Kier molecular flexibility index (Phi) is 4.16. The molecule has 5 rings (SSSR count). The fraction of sp³-hybridized carbons (Fsp3) is 0.500. The summed E-state index contributed by atoms with van der Waals surface area (Å²) in [4.78, 5) is 18.1. The number of fused-ring (bicyclic) bond motifs is 1. The Morgan fingerprint density at radius 2 is 1.71 bits per heavy atom. The van der Waals surface area contributed by atoms with Crippen LogP contribution in [0.2, 0.25) is 0 Å². The zero-order valence-electron chi connectivity index (χ0n) is 16.5. The van der Waals surface area contributed by atoms with Crippen molar-refractivity contribution in [2.75, 3.05) is 31.1 Å². The second kappa shape index (κ2) is 6.70. The standard InChI is InChI=1S/C20H25N7O/c1-13-4-14(2)27(24-13)19-5-18(22-12-23-19)26-9-16-7-25(8-17(16)10-26)11-20-21-6-15(3)28-20/h4-6,12,16-17H,7-11H2,1-3H3. The van der Waals surface area contributed by atoms with E-state index in [9.17, 15) is 0 Å². The molecular weight excluding hydrogens is 354 g/mol. The third kappa shape index (κ3) is 3.17. The molecule has 0 bridgehead atoms. The van der Waals surface area contributed by atoms with Crippen LogP contribution in [-0.4, -0.2) is 55.8 Å². The quantitative estimate of drug-likeness (QED) is 0.687. The fourth-order valence-corrected chi connectivity index (χ4v) is 4.56. The first-order valence-electron chi connectivity index (χ1n) is 9.79. The van der Waals surface area contributed by atoms with Crippen molar-refractivity contribution in [2.24, 2.45) is 11.8 Å². The predicted octanol–water partition coefficient (Wildman–Crippen LogP) is 2.14. The molecule has 2 aliphatic rings. The van der Waals surface area contributed by atoms with Gasteiger partial charge in [0.05, 0.1) is 18.4 Å². The highest BCUT2D eigenvalue weighted by Crippen LogP contribution is 2.34. The van der Waals surface area contributed by atoms with Crippen LogP contribution in [0.4, 0.5) is 5.82 Å². The Labute approximate surface area is 164 Å². The molecule has 2 unspecified atom stereocenters. The first-order valence-corrected chi connectivity index (χ1v) is 9.79. The van der Waals surface area contributed by atoms with Crippen molar-refractivity contribution in [1.82, 2.24) is 29.6 Å². The van der Waals surface area contributed by atoms with Gasteiger partial charge in [-0.25, -0.2) is 19.6 Å². The number of hydrogen-bond acceptors (Lipinski definition) is 7. The lowest BCUT2D eigenvalue weighted by atomic mass is 10.0. The number of nitrogens with zero attached hydrogens (tertiary/aromatic N) is 7. The summed E-state index contributed by atoms with van der Waals surface area (Å²) < 4.78 is 7.52. The van der Waals surface area contributed by atoms with Crippen molar-refractivity contribution in [1.29, 1.82) is 0 Å². The van der Waals surface area contributed by atoms with E-state index < -0.39 is 0 Å². The topological polar surface area (TPSA) is 76.1 Å². The van der Waals surface area contributed by atoms with Crippen molar-refractivity contribution in [3.63, 3.8) is 0 Å². The Hall–Kier alpha value is -2.74. The average molecular weight is 379 g/mol. The van der Waals surface area contributed by atoms with Crippen molar-refractivity contribution in [2.45, 2.75) is 27.3 Å². The molecule has 0 spiro atoms. The van der Waals surface area contributed by atoms with Crippen LogP contribution in [0, 0.1) is 32.6 Å². The molecule has 8 heteroatoms. The number of hydrogen-bond donors (Lipinski definition) is 0. The van der Waals surface area contributed by atoms with Crippen LogP contribution < -0.4 is 4.90 Å². The van der Waals surface area contributed by atoms with Gasteiger partial charge in [-0.05, 0) is 38.7 Å². The summed E-state index contributed by atoms with van der Waals surface area (Å²) in [6.45, 7) is 11.0. The lowest BCUT2D eigenvalue weighted by Gasteiger charge is -2.21. The molecule has 0 aliphatic carbocycles. The van der Waals surface area contributed by atoms with E-state index in [0.717, 1.165) is 67.4 Å². The van der Waals surface area contributed by atoms with E-state index in [-0.39, 0.29) is 0 Å². The highest BCUT2D eigenvalue weighted by Gasteiger charge is 2.40. The molecule has 0 N–H and O–H groups in total. The highest BCUT2D eigenvalue weighted by molar-refractivity contribution is 5.45. The second-order valence-corrected chi connectivity index (χ2v) is 8.06. The zero-order chi connectivity index (χ0) is 19.3. The summed E-state index contributed by atoms with van der Waals surface area (Å²) in [5.74, 6) is 4.82. The lowest BCUT2D eigenvalue weighted by Crippen LogP contribution is -2.29. The van der Waals surface area contributed by atoms with Crippen LogP contribution in [0.5, 0.6) is 0 Å². The molecule has 5 heterocycles. The summed E-state index contributed by atoms with van der Waals surface area (Å²) in [6, 6.07) is 4.11. The van der Waals surface area contributed by atoms with E-state index in [4.69, 9.17) is 4.42 Å². The number of oxazole rings is 1. The van der Waals surface area contributed by atoms with E-state index in [0.29, 0.717) is 11.8 Å². The number of aromatic nitrogens is 5. The van der Waals surface area contributed by atoms with E-state index in [1.54, 1.807) is 12.5 Å². The van der Waals surface area contributed by atoms with E-state index >= 15 is 0 Å². The molecule has 3 aromatic heterocycles. The van der Waals surface area contributed by atoms with Crippen LogP contribution in [0.1, 0.15) is 23.0 Å². The molecule has 2 saturated heterocycles. The third-order valence-corrected chi connectivity index (χ3v) is 5.78. The molecule has 2 aliphatic heterocycles. The van der Waals surface area contributed by atoms with Gasteiger partial charge in [0, 0.05) is 37.9 Å². The maximum Gasteiger partial charge on any atom is 0.208 e. The van der Waals surface area contributed by atoms with Crippen LogP contribution in [0.15, 0.2) is 29.1 Å². The Morgan fingerprint density at radius 1 is 0.964 bits per heavy atom. The van der Waals surface area contributed by atoms with Crippen LogP contribution in [0.3, 0.4) is 0 Å². The van der Waals surface area contributed by atoms with Gasteiger partial charge >= 0.3 is 0 Å². The molecule has 3 aromatic rings. The smallest absolute Gasteiger partial charge is 0.208 e. The third-order valence-electron chi connectivity index (χ3n) is 5.78. The number of anilines is 1. The summed E-state index contributed by atoms with van der Waals surface area (Å²) in [6.07, 6.45) is 3.44. The Morgan fingerprint density at radius 3 is 2.36 bits per heavy atom. The van der Waals surface area contributed by atoms with Gasteiger partial charge in [0.1, 0.15) is 17.9 Å². The molecule has 0 saturated carbocycles. The van der Waals surface area contributed by atoms with Crippen molar-refractivity contribution in [3.8, 4) is 5.82 Å². The number of aryl methyl sites for hydroxylation is 3. The Bertz CT molecular complexity index is 980. The fourth-order valence-electron chi connectivity index (χ4n) is 4.56. The number of likely N-dealkylation sites (tertiary alicyclic amines) is 1. The molecule has 0 radical (unpaired) electrons. The van der Waals surface area contributed by atoms with Crippen molar-refractivity contribution >= 4 is 5.82 Å². The minimum Gasteiger partial charge on any atom is -0.445 e. The molecule has 146 valence electrons. The van der Waals surface area contributed by atoms with Gasteiger partial charge in [-0.1, -0.05) is 0 Å². The summed E-state index contributed by atoms with van der Waals surface area (Å²) in [7, 11) is 0. The lowest BCUT2D eigenvalue weighted by molar-refractivity contribution is 0.271. The van der Waals surface area contributed by atoms with Gasteiger partial charge in [0.25, 0.3) is 0 Å². The average Bonchev–Trinajstić information content (AvgIpc) is 3.40. The number of rotatable bonds is 4. The maximum absolute atomic E-state index is 5.64. The molecule has 2 atom stereocenters. The summed E-state index contributed by atoms with van der Waals surface area (Å²) >= 11 is 0. The minimum atomic E-state index is 0.656. The van der Waals surface area contributed by atoms with E-state index in [1.165, 1.54) is 0 Å². The normalized spacial score (nSPS) is 22.2. The summed E-state index contributed by atoms with van der Waals surface area (Å²) in [5.41, 5.74) is 2.08. The van der Waals surface area contributed by atoms with Gasteiger partial charge < -0.3 is 9.32 Å². The largest absolute Gasteiger partial charge is 0.445 e. The molecule has 0 aromatic carbocycles.